The zero-order valence-electron chi connectivity index (χ0n) is 16.5. The molecule has 0 aliphatic heterocycles. The monoisotopic (exact) mass is 477 g/mol. The van der Waals surface area contributed by atoms with Crippen LogP contribution in [-0.2, 0) is 12.7 Å². The number of aromatic nitrogens is 2. The van der Waals surface area contributed by atoms with Gasteiger partial charge in [0.2, 0.25) is 0 Å². The van der Waals surface area contributed by atoms with Gasteiger partial charge in [-0.1, -0.05) is 41.9 Å². The number of nitrogens with zero attached hydrogens (tertiary/aromatic N) is 2. The maximum atomic E-state index is 13.3. The van der Waals surface area contributed by atoms with Crippen molar-refractivity contribution < 1.29 is 18.0 Å². The number of aryl methyl sites for hydroxylation is 1. The molecule has 0 saturated carbocycles. The number of anilines is 1. The molecule has 0 aliphatic rings. The third kappa shape index (κ3) is 4.26. The fraction of sp³-hybridized carbons (Fsp3) is 0.136. The Labute approximate surface area is 189 Å². The molecule has 0 fully saturated rings. The number of carbonyl (C=O) groups excluding carboxylic acids is 1. The van der Waals surface area contributed by atoms with Gasteiger partial charge in [-0.25, -0.2) is 4.98 Å². The average Bonchev–Trinajstić information content (AvgIpc) is 3.09. The molecule has 4 rings (SSSR count). The lowest BCUT2D eigenvalue weighted by Gasteiger charge is -2.14. The number of carbonyl (C=O) groups is 1. The van der Waals surface area contributed by atoms with Gasteiger partial charge in [0.15, 0.2) is 0 Å². The number of alkyl halides is 3. The first-order valence-corrected chi connectivity index (χ1v) is 10.5. The van der Waals surface area contributed by atoms with Gasteiger partial charge in [-0.2, -0.15) is 13.2 Å². The SMILES string of the molecule is Cc1c(C(=O)Nc2ccc(Cl)cc2C(F)(F)F)sc2ncn(Cc3ccccc3)c(=O)c12. The van der Waals surface area contributed by atoms with Gasteiger partial charge in [0, 0.05) is 5.02 Å². The summed E-state index contributed by atoms with van der Waals surface area (Å²) in [7, 11) is 0. The number of hydrogen-bond donors (Lipinski definition) is 1. The van der Waals surface area contributed by atoms with E-state index in [1.807, 2.05) is 30.3 Å². The first-order chi connectivity index (χ1) is 15.1. The summed E-state index contributed by atoms with van der Waals surface area (Å²) >= 11 is 6.64. The minimum atomic E-state index is -4.70. The molecule has 0 radical (unpaired) electrons. The zero-order chi connectivity index (χ0) is 23.0. The predicted octanol–water partition coefficient (Wildman–Crippen LogP) is 5.74. The highest BCUT2D eigenvalue weighted by Gasteiger charge is 2.34. The third-order valence-corrected chi connectivity index (χ3v) is 6.29. The van der Waals surface area contributed by atoms with E-state index in [1.165, 1.54) is 17.0 Å². The molecule has 32 heavy (non-hydrogen) atoms. The highest BCUT2D eigenvalue weighted by molar-refractivity contribution is 7.20. The Morgan fingerprint density at radius 2 is 1.91 bits per heavy atom. The quantitative estimate of drug-likeness (QED) is 0.407. The van der Waals surface area contributed by atoms with Crippen molar-refractivity contribution in [3.8, 4) is 0 Å². The van der Waals surface area contributed by atoms with Gasteiger partial charge in [0.1, 0.15) is 4.83 Å². The van der Waals surface area contributed by atoms with Crippen molar-refractivity contribution in [3.05, 3.63) is 91.8 Å². The van der Waals surface area contributed by atoms with Crippen LogP contribution in [0.4, 0.5) is 18.9 Å². The summed E-state index contributed by atoms with van der Waals surface area (Å²) in [6.45, 7) is 1.88. The third-order valence-electron chi connectivity index (χ3n) is 4.85. The summed E-state index contributed by atoms with van der Waals surface area (Å²) in [5.74, 6) is -0.757. The van der Waals surface area contributed by atoms with Crippen LogP contribution in [0.2, 0.25) is 5.02 Å². The summed E-state index contributed by atoms with van der Waals surface area (Å²) in [5.41, 5.74) is -0.526. The zero-order valence-corrected chi connectivity index (χ0v) is 18.1. The molecular weight excluding hydrogens is 463 g/mol. The average molecular weight is 478 g/mol. The Balaban J connectivity index is 1.70. The summed E-state index contributed by atoms with van der Waals surface area (Å²) in [5, 5.41) is 2.46. The Morgan fingerprint density at radius 3 is 2.59 bits per heavy atom. The number of hydrogen-bond acceptors (Lipinski definition) is 4. The summed E-state index contributed by atoms with van der Waals surface area (Å²) in [4.78, 5) is 30.6. The predicted molar refractivity (Wildman–Crippen MR) is 119 cm³/mol. The molecule has 0 spiro atoms. The first kappa shape index (κ1) is 22.0. The minimum absolute atomic E-state index is 0.100. The maximum absolute atomic E-state index is 13.3. The lowest BCUT2D eigenvalue weighted by Crippen LogP contribution is -2.21. The van der Waals surface area contributed by atoms with Gasteiger partial charge in [0.25, 0.3) is 11.5 Å². The van der Waals surface area contributed by atoms with Gasteiger partial charge in [-0.3, -0.25) is 14.2 Å². The molecule has 2 aromatic carbocycles. The van der Waals surface area contributed by atoms with Crippen molar-refractivity contribution in [1.29, 1.82) is 0 Å². The molecule has 164 valence electrons. The van der Waals surface area contributed by atoms with E-state index in [-0.39, 0.29) is 20.8 Å². The Kier molecular flexibility index (Phi) is 5.79. The van der Waals surface area contributed by atoms with Crippen molar-refractivity contribution in [2.75, 3.05) is 5.32 Å². The molecule has 0 atom stereocenters. The molecule has 0 bridgehead atoms. The molecule has 1 amide bonds. The summed E-state index contributed by atoms with van der Waals surface area (Å²) in [6.07, 6.45) is -3.30. The van der Waals surface area contributed by atoms with Crippen molar-refractivity contribution >= 4 is 44.7 Å². The number of fused-ring (bicyclic) bond motifs is 1. The van der Waals surface area contributed by atoms with Gasteiger partial charge in [0.05, 0.1) is 34.4 Å². The van der Waals surface area contributed by atoms with Crippen LogP contribution >= 0.6 is 22.9 Å². The standard InChI is InChI=1S/C22H15ClF3N3O2S/c1-12-17-20(27-11-29(21(17)31)10-13-5-3-2-4-6-13)32-18(12)19(30)28-16-8-7-14(23)9-15(16)22(24,25)26/h2-9,11H,10H2,1H3,(H,28,30). The van der Waals surface area contributed by atoms with E-state index in [2.05, 4.69) is 10.3 Å². The highest BCUT2D eigenvalue weighted by atomic mass is 35.5. The van der Waals surface area contributed by atoms with E-state index in [0.717, 1.165) is 29.0 Å². The second kappa shape index (κ2) is 8.40. The molecule has 2 aromatic heterocycles. The second-order valence-electron chi connectivity index (χ2n) is 7.04. The molecule has 10 heteroatoms. The number of nitrogens with one attached hydrogen (secondary N) is 1. The maximum Gasteiger partial charge on any atom is 0.418 e. The summed E-state index contributed by atoms with van der Waals surface area (Å²) in [6, 6.07) is 12.4. The molecule has 0 saturated heterocycles. The van der Waals surface area contributed by atoms with Crippen LogP contribution in [0.5, 0.6) is 0 Å². The van der Waals surface area contributed by atoms with E-state index >= 15 is 0 Å². The van der Waals surface area contributed by atoms with Crippen LogP contribution in [0.25, 0.3) is 10.2 Å². The molecule has 0 aliphatic carbocycles. The van der Waals surface area contributed by atoms with E-state index < -0.39 is 23.3 Å². The largest absolute Gasteiger partial charge is 0.418 e. The number of thiophene rings is 1. The highest BCUT2D eigenvalue weighted by Crippen LogP contribution is 2.37. The minimum Gasteiger partial charge on any atom is -0.321 e. The second-order valence-corrected chi connectivity index (χ2v) is 8.48. The first-order valence-electron chi connectivity index (χ1n) is 9.35. The topological polar surface area (TPSA) is 64.0 Å². The molecular formula is C22H15ClF3N3O2S. The Bertz CT molecular complexity index is 1380. The van der Waals surface area contributed by atoms with Crippen LogP contribution in [0.1, 0.15) is 26.4 Å². The van der Waals surface area contributed by atoms with Crippen molar-refractivity contribution in [2.24, 2.45) is 0 Å². The van der Waals surface area contributed by atoms with E-state index in [9.17, 15) is 22.8 Å². The van der Waals surface area contributed by atoms with Gasteiger partial charge in [-0.15, -0.1) is 11.3 Å². The molecule has 0 unspecified atom stereocenters. The van der Waals surface area contributed by atoms with Crippen LogP contribution in [0.15, 0.2) is 59.7 Å². The summed E-state index contributed by atoms with van der Waals surface area (Å²) < 4.78 is 41.5. The van der Waals surface area contributed by atoms with Crippen molar-refractivity contribution in [3.63, 3.8) is 0 Å². The van der Waals surface area contributed by atoms with Crippen molar-refractivity contribution in [1.82, 2.24) is 9.55 Å². The van der Waals surface area contributed by atoms with Crippen LogP contribution in [-0.4, -0.2) is 15.5 Å². The number of benzene rings is 2. The van der Waals surface area contributed by atoms with Crippen LogP contribution in [0.3, 0.4) is 0 Å². The van der Waals surface area contributed by atoms with Gasteiger partial charge >= 0.3 is 6.18 Å². The molecule has 5 nitrogen and oxygen atoms in total. The Hall–Kier alpha value is -3.17. The van der Waals surface area contributed by atoms with Crippen LogP contribution < -0.4 is 10.9 Å². The van der Waals surface area contributed by atoms with Gasteiger partial charge in [-0.05, 0) is 36.2 Å². The van der Waals surface area contributed by atoms with E-state index in [0.29, 0.717) is 16.9 Å². The number of amides is 1. The smallest absolute Gasteiger partial charge is 0.321 e. The lowest BCUT2D eigenvalue weighted by atomic mass is 10.1. The Morgan fingerprint density at radius 1 is 1.19 bits per heavy atom. The number of halogens is 4. The fourth-order valence-electron chi connectivity index (χ4n) is 3.31. The van der Waals surface area contributed by atoms with E-state index in [4.69, 9.17) is 11.6 Å². The number of rotatable bonds is 4. The van der Waals surface area contributed by atoms with Gasteiger partial charge < -0.3 is 5.32 Å². The normalized spacial score (nSPS) is 11.7. The lowest BCUT2D eigenvalue weighted by molar-refractivity contribution is -0.136. The molecule has 2 heterocycles. The molecule has 1 N–H and O–H groups in total. The fourth-order valence-corrected chi connectivity index (χ4v) is 4.51. The molecule has 4 aromatic rings. The van der Waals surface area contributed by atoms with Crippen LogP contribution in [0, 0.1) is 6.92 Å². The van der Waals surface area contributed by atoms with E-state index in [1.54, 1.807) is 6.92 Å². The van der Waals surface area contributed by atoms with Crippen molar-refractivity contribution in [2.45, 2.75) is 19.6 Å².